The maximum absolute atomic E-state index is 11.8. The number of ketones is 1. The van der Waals surface area contributed by atoms with E-state index in [-0.39, 0.29) is 17.1 Å². The highest BCUT2D eigenvalue weighted by Gasteiger charge is 2.30. The van der Waals surface area contributed by atoms with Gasteiger partial charge in [-0.05, 0) is 19.3 Å². The van der Waals surface area contributed by atoms with Crippen molar-refractivity contribution < 1.29 is 9.59 Å². The summed E-state index contributed by atoms with van der Waals surface area (Å²) in [6.07, 6.45) is 0.472. The number of carbonyl (C=O) groups excluding carboxylic acids is 2. The van der Waals surface area contributed by atoms with Gasteiger partial charge in [-0.3, -0.25) is 9.59 Å². The van der Waals surface area contributed by atoms with Crippen LogP contribution in [0.25, 0.3) is 0 Å². The van der Waals surface area contributed by atoms with Gasteiger partial charge in [0.1, 0.15) is 0 Å². The molecular weight excluding hydrogens is 178 g/mol. The second-order valence-corrected chi connectivity index (χ2v) is 5.47. The van der Waals surface area contributed by atoms with Gasteiger partial charge >= 0.3 is 0 Å². The van der Waals surface area contributed by atoms with Gasteiger partial charge in [0.25, 0.3) is 0 Å². The summed E-state index contributed by atoms with van der Waals surface area (Å²) < 4.78 is 0. The Morgan fingerprint density at radius 3 is 1.79 bits per heavy atom. The Kier molecular flexibility index (Phi) is 3.86. The molecular formula is C11H21NO2. The minimum Gasteiger partial charge on any atom is -0.344 e. The molecule has 1 amide bonds. The molecule has 0 radical (unpaired) electrons. The predicted octanol–water partition coefficient (Wildman–Crippen LogP) is 1.91. The van der Waals surface area contributed by atoms with Crippen LogP contribution in [0.4, 0.5) is 0 Å². The molecule has 3 heteroatoms. The third kappa shape index (κ3) is 5.00. The molecule has 82 valence electrons. The molecule has 0 atom stereocenters. The van der Waals surface area contributed by atoms with Crippen LogP contribution in [0.15, 0.2) is 0 Å². The van der Waals surface area contributed by atoms with Gasteiger partial charge in [0.2, 0.25) is 5.91 Å². The summed E-state index contributed by atoms with van der Waals surface area (Å²) in [6.45, 7) is 10.9. The van der Waals surface area contributed by atoms with Crippen LogP contribution in [0, 0.1) is 5.41 Å². The summed E-state index contributed by atoms with van der Waals surface area (Å²) in [6, 6.07) is 0. The van der Waals surface area contributed by atoms with Crippen LogP contribution in [-0.4, -0.2) is 17.2 Å². The minimum atomic E-state index is -0.751. The number of amides is 1. The smallest absolute Gasteiger partial charge is 0.217 e. The molecule has 0 aliphatic carbocycles. The van der Waals surface area contributed by atoms with Crippen LogP contribution in [0.1, 0.15) is 48.0 Å². The van der Waals surface area contributed by atoms with Crippen LogP contribution >= 0.6 is 0 Å². The molecule has 1 N–H and O–H groups in total. The lowest BCUT2D eigenvalue weighted by molar-refractivity contribution is -0.131. The second-order valence-electron chi connectivity index (χ2n) is 5.47. The molecule has 0 fully saturated rings. The van der Waals surface area contributed by atoms with Crippen molar-refractivity contribution in [1.82, 2.24) is 5.32 Å². The standard InChI is InChI=1S/C11H21NO2/c1-8(13)12-11(5,6)9(14)7-10(2,3)4/h7H2,1-6H3,(H,12,13). The zero-order chi connectivity index (χ0) is 11.6. The highest BCUT2D eigenvalue weighted by Crippen LogP contribution is 2.22. The highest BCUT2D eigenvalue weighted by molar-refractivity contribution is 5.91. The number of nitrogens with one attached hydrogen (secondary N) is 1. The Bertz CT molecular complexity index is 236. The summed E-state index contributed by atoms with van der Waals surface area (Å²) in [4.78, 5) is 22.7. The molecule has 0 rings (SSSR count). The van der Waals surface area contributed by atoms with E-state index in [1.54, 1.807) is 13.8 Å². The van der Waals surface area contributed by atoms with E-state index < -0.39 is 5.54 Å². The fraction of sp³-hybridized carbons (Fsp3) is 0.818. The lowest BCUT2D eigenvalue weighted by Crippen LogP contribution is -2.49. The van der Waals surface area contributed by atoms with Gasteiger partial charge in [0, 0.05) is 13.3 Å². The van der Waals surface area contributed by atoms with E-state index >= 15 is 0 Å². The molecule has 0 aromatic carbocycles. The normalized spacial score (nSPS) is 12.4. The number of hydrogen-bond donors (Lipinski definition) is 1. The van der Waals surface area contributed by atoms with Crippen molar-refractivity contribution in [1.29, 1.82) is 0 Å². The van der Waals surface area contributed by atoms with Gasteiger partial charge in [-0.2, -0.15) is 0 Å². The summed E-state index contributed by atoms with van der Waals surface area (Å²) in [5.74, 6) is -0.0996. The molecule has 0 unspecified atom stereocenters. The molecule has 3 nitrogen and oxygen atoms in total. The quantitative estimate of drug-likeness (QED) is 0.754. The maximum atomic E-state index is 11.8. The van der Waals surface area contributed by atoms with Gasteiger partial charge in [-0.25, -0.2) is 0 Å². The zero-order valence-corrected chi connectivity index (χ0v) is 10.0. The molecule has 0 saturated heterocycles. The fourth-order valence-electron chi connectivity index (χ4n) is 1.21. The van der Waals surface area contributed by atoms with Crippen LogP contribution in [-0.2, 0) is 9.59 Å². The fourth-order valence-corrected chi connectivity index (χ4v) is 1.21. The van der Waals surface area contributed by atoms with Crippen LogP contribution in [0.3, 0.4) is 0 Å². The molecule has 0 spiro atoms. The van der Waals surface area contributed by atoms with Crippen molar-refractivity contribution in [3.63, 3.8) is 0 Å². The largest absolute Gasteiger partial charge is 0.344 e. The maximum Gasteiger partial charge on any atom is 0.217 e. The first-order valence-corrected chi connectivity index (χ1v) is 4.87. The average Bonchev–Trinajstić information content (AvgIpc) is 1.79. The van der Waals surface area contributed by atoms with Crippen LogP contribution in [0.2, 0.25) is 0 Å². The van der Waals surface area contributed by atoms with Gasteiger partial charge in [-0.1, -0.05) is 20.8 Å². The molecule has 14 heavy (non-hydrogen) atoms. The van der Waals surface area contributed by atoms with Crippen LogP contribution < -0.4 is 5.32 Å². The molecule has 0 aromatic rings. The number of carbonyl (C=O) groups is 2. The van der Waals surface area contributed by atoms with Crippen molar-refractivity contribution >= 4 is 11.7 Å². The molecule has 0 heterocycles. The summed E-state index contributed by atoms with van der Waals surface area (Å²) >= 11 is 0. The topological polar surface area (TPSA) is 46.2 Å². The summed E-state index contributed by atoms with van der Waals surface area (Å²) in [7, 11) is 0. The minimum absolute atomic E-state index is 0.0349. The Labute approximate surface area is 86.3 Å². The number of rotatable bonds is 3. The van der Waals surface area contributed by atoms with Crippen molar-refractivity contribution in [2.75, 3.05) is 0 Å². The SMILES string of the molecule is CC(=O)NC(C)(C)C(=O)CC(C)(C)C. The highest BCUT2D eigenvalue weighted by atomic mass is 16.2. The summed E-state index contributed by atoms with van der Waals surface area (Å²) in [5.41, 5.74) is -0.786. The van der Waals surface area contributed by atoms with Gasteiger partial charge in [0.05, 0.1) is 5.54 Å². The monoisotopic (exact) mass is 199 g/mol. The van der Waals surface area contributed by atoms with E-state index in [1.807, 2.05) is 20.8 Å². The Morgan fingerprint density at radius 1 is 1.07 bits per heavy atom. The number of hydrogen-bond acceptors (Lipinski definition) is 2. The first-order chi connectivity index (χ1) is 6.04. The molecule has 0 aliphatic rings. The van der Waals surface area contributed by atoms with Crippen LogP contribution in [0.5, 0.6) is 0 Å². The number of Topliss-reactive ketones (excluding diaryl/α,β-unsaturated/α-hetero) is 1. The molecule has 0 aliphatic heterocycles. The van der Waals surface area contributed by atoms with Crippen molar-refractivity contribution in [2.24, 2.45) is 5.41 Å². The Morgan fingerprint density at radius 2 is 1.50 bits per heavy atom. The predicted molar refractivity (Wildman–Crippen MR) is 57.0 cm³/mol. The second kappa shape index (κ2) is 4.11. The van der Waals surface area contributed by atoms with E-state index in [0.717, 1.165) is 0 Å². The average molecular weight is 199 g/mol. The van der Waals surface area contributed by atoms with Gasteiger partial charge in [0.15, 0.2) is 5.78 Å². The lowest BCUT2D eigenvalue weighted by Gasteiger charge is -2.28. The van der Waals surface area contributed by atoms with Crippen molar-refractivity contribution in [3.8, 4) is 0 Å². The zero-order valence-electron chi connectivity index (χ0n) is 10.0. The van der Waals surface area contributed by atoms with E-state index in [4.69, 9.17) is 0 Å². The third-order valence-corrected chi connectivity index (χ3v) is 1.88. The van der Waals surface area contributed by atoms with E-state index in [1.165, 1.54) is 6.92 Å². The Balaban J connectivity index is 4.44. The van der Waals surface area contributed by atoms with E-state index in [9.17, 15) is 9.59 Å². The van der Waals surface area contributed by atoms with Crippen molar-refractivity contribution in [3.05, 3.63) is 0 Å². The lowest BCUT2D eigenvalue weighted by atomic mass is 9.83. The first kappa shape index (κ1) is 13.1. The van der Waals surface area contributed by atoms with E-state index in [2.05, 4.69) is 5.32 Å². The molecule has 0 saturated carbocycles. The summed E-state index contributed by atoms with van der Waals surface area (Å²) in [5, 5.41) is 2.65. The molecule has 0 aromatic heterocycles. The van der Waals surface area contributed by atoms with Crippen molar-refractivity contribution in [2.45, 2.75) is 53.5 Å². The van der Waals surface area contributed by atoms with E-state index in [0.29, 0.717) is 6.42 Å². The van der Waals surface area contributed by atoms with Gasteiger partial charge in [-0.15, -0.1) is 0 Å². The van der Waals surface area contributed by atoms with Gasteiger partial charge < -0.3 is 5.32 Å². The Hall–Kier alpha value is -0.860. The molecule has 0 bridgehead atoms. The third-order valence-electron chi connectivity index (χ3n) is 1.88. The first-order valence-electron chi connectivity index (χ1n) is 4.87.